The summed E-state index contributed by atoms with van der Waals surface area (Å²) < 4.78 is 0. The highest BCUT2D eigenvalue weighted by Gasteiger charge is 2.31. The number of rotatable bonds is 3. The molecule has 1 aliphatic carbocycles. The summed E-state index contributed by atoms with van der Waals surface area (Å²) in [7, 11) is 0. The van der Waals surface area contributed by atoms with Gasteiger partial charge in [0.15, 0.2) is 11.6 Å². The van der Waals surface area contributed by atoms with E-state index in [-0.39, 0.29) is 28.4 Å². The number of amides is 1. The Hall–Kier alpha value is -3.21. The summed E-state index contributed by atoms with van der Waals surface area (Å²) in [6, 6.07) is 16.4. The van der Waals surface area contributed by atoms with Crippen LogP contribution in [0.2, 0.25) is 10.0 Å². The maximum Gasteiger partial charge on any atom is 0.248 e. The Kier molecular flexibility index (Phi) is 5.05. The lowest BCUT2D eigenvalue weighted by Crippen LogP contribution is -2.23. The molecule has 0 radical (unpaired) electrons. The molecule has 4 rings (SSSR count). The molecule has 0 bridgehead atoms. The van der Waals surface area contributed by atoms with Crippen LogP contribution < -0.4 is 5.32 Å². The SMILES string of the molecule is O=C(C=Cc1ccc(Cl)cc1Cl)Nc1cccc2c1C(=O)c1ccccc1C2=O. The number of carbonyl (C=O) groups is 3. The molecule has 29 heavy (non-hydrogen) atoms. The van der Waals surface area contributed by atoms with Gasteiger partial charge in [-0.15, -0.1) is 0 Å². The van der Waals surface area contributed by atoms with E-state index in [9.17, 15) is 14.4 Å². The lowest BCUT2D eigenvalue weighted by molar-refractivity contribution is -0.111. The second-order valence-corrected chi connectivity index (χ2v) is 7.26. The van der Waals surface area contributed by atoms with Crippen molar-refractivity contribution in [2.24, 2.45) is 0 Å². The molecule has 0 spiro atoms. The molecule has 1 amide bonds. The average molecular weight is 422 g/mol. The van der Waals surface area contributed by atoms with E-state index in [1.165, 1.54) is 6.08 Å². The number of ketones is 2. The van der Waals surface area contributed by atoms with Gasteiger partial charge in [0.1, 0.15) is 0 Å². The predicted octanol–water partition coefficient (Wildman–Crippen LogP) is 5.42. The van der Waals surface area contributed by atoms with Gasteiger partial charge in [-0.1, -0.05) is 65.7 Å². The van der Waals surface area contributed by atoms with Crippen molar-refractivity contribution in [1.82, 2.24) is 0 Å². The topological polar surface area (TPSA) is 63.2 Å². The van der Waals surface area contributed by atoms with Crippen molar-refractivity contribution in [2.45, 2.75) is 0 Å². The largest absolute Gasteiger partial charge is 0.322 e. The van der Waals surface area contributed by atoms with Gasteiger partial charge < -0.3 is 5.32 Å². The molecule has 4 nitrogen and oxygen atoms in total. The lowest BCUT2D eigenvalue weighted by Gasteiger charge is -2.20. The minimum absolute atomic E-state index is 0.197. The molecule has 0 unspecified atom stereocenters. The first-order valence-corrected chi connectivity index (χ1v) is 9.47. The van der Waals surface area contributed by atoms with Gasteiger partial charge in [-0.3, -0.25) is 14.4 Å². The average Bonchev–Trinajstić information content (AvgIpc) is 2.71. The Balaban J connectivity index is 1.64. The molecule has 3 aromatic carbocycles. The quantitative estimate of drug-likeness (QED) is 0.449. The summed E-state index contributed by atoms with van der Waals surface area (Å²) in [6.45, 7) is 0. The zero-order valence-corrected chi connectivity index (χ0v) is 16.4. The number of anilines is 1. The van der Waals surface area contributed by atoms with Crippen LogP contribution in [0.4, 0.5) is 5.69 Å². The minimum atomic E-state index is -0.455. The van der Waals surface area contributed by atoms with E-state index in [1.807, 2.05) is 0 Å². The van der Waals surface area contributed by atoms with E-state index in [0.29, 0.717) is 26.7 Å². The Bertz CT molecular complexity index is 1210. The van der Waals surface area contributed by atoms with Crippen molar-refractivity contribution >= 4 is 52.4 Å². The highest BCUT2D eigenvalue weighted by atomic mass is 35.5. The maximum atomic E-state index is 13.0. The zero-order valence-electron chi connectivity index (χ0n) is 14.9. The third-order valence-electron chi connectivity index (χ3n) is 4.59. The molecule has 3 aromatic rings. The van der Waals surface area contributed by atoms with E-state index in [1.54, 1.807) is 66.7 Å². The third kappa shape index (κ3) is 3.60. The molecule has 1 N–H and O–H groups in total. The molecule has 1 aliphatic rings. The fourth-order valence-electron chi connectivity index (χ4n) is 3.23. The lowest BCUT2D eigenvalue weighted by atomic mass is 9.83. The molecular formula is C23H13Cl2NO3. The number of halogens is 2. The minimum Gasteiger partial charge on any atom is -0.322 e. The van der Waals surface area contributed by atoms with Gasteiger partial charge in [-0.05, 0) is 29.8 Å². The van der Waals surface area contributed by atoms with Crippen LogP contribution in [0, 0.1) is 0 Å². The van der Waals surface area contributed by atoms with Crippen molar-refractivity contribution in [3.05, 3.63) is 105 Å². The second kappa shape index (κ2) is 7.66. The van der Waals surface area contributed by atoms with Crippen LogP contribution in [0.3, 0.4) is 0 Å². The summed E-state index contributed by atoms with van der Waals surface area (Å²) in [4.78, 5) is 38.1. The number of hydrogen-bond acceptors (Lipinski definition) is 3. The highest BCUT2D eigenvalue weighted by molar-refractivity contribution is 6.35. The van der Waals surface area contributed by atoms with Crippen LogP contribution >= 0.6 is 23.2 Å². The summed E-state index contributed by atoms with van der Waals surface area (Å²) in [5.74, 6) is -0.992. The molecular weight excluding hydrogens is 409 g/mol. The van der Waals surface area contributed by atoms with Crippen LogP contribution in [0.5, 0.6) is 0 Å². The van der Waals surface area contributed by atoms with Crippen molar-refractivity contribution in [3.63, 3.8) is 0 Å². The van der Waals surface area contributed by atoms with Gasteiger partial charge in [-0.25, -0.2) is 0 Å². The first kappa shape index (κ1) is 19.1. The van der Waals surface area contributed by atoms with Crippen molar-refractivity contribution < 1.29 is 14.4 Å². The van der Waals surface area contributed by atoms with Gasteiger partial charge in [0, 0.05) is 32.8 Å². The molecule has 0 atom stereocenters. The zero-order chi connectivity index (χ0) is 20.5. The molecule has 0 aliphatic heterocycles. The van der Waals surface area contributed by atoms with Gasteiger partial charge in [0.2, 0.25) is 5.91 Å². The summed E-state index contributed by atoms with van der Waals surface area (Å²) >= 11 is 12.0. The Labute approximate surface area is 176 Å². The van der Waals surface area contributed by atoms with Crippen LogP contribution in [0.1, 0.15) is 37.4 Å². The Morgan fingerprint density at radius 1 is 0.828 bits per heavy atom. The van der Waals surface area contributed by atoms with Crippen molar-refractivity contribution in [1.29, 1.82) is 0 Å². The predicted molar refractivity (Wildman–Crippen MR) is 114 cm³/mol. The summed E-state index contributed by atoms with van der Waals surface area (Å²) in [5, 5.41) is 3.59. The van der Waals surface area contributed by atoms with Crippen molar-refractivity contribution in [3.8, 4) is 0 Å². The van der Waals surface area contributed by atoms with Gasteiger partial charge in [0.05, 0.1) is 11.3 Å². The number of benzene rings is 3. The van der Waals surface area contributed by atoms with Crippen LogP contribution in [0.25, 0.3) is 6.08 Å². The van der Waals surface area contributed by atoms with Gasteiger partial charge in [0.25, 0.3) is 0 Å². The normalized spacial score (nSPS) is 12.6. The highest BCUT2D eigenvalue weighted by Crippen LogP contribution is 2.32. The summed E-state index contributed by atoms with van der Waals surface area (Å²) in [6.07, 6.45) is 2.85. The number of nitrogens with one attached hydrogen (secondary N) is 1. The molecule has 0 heterocycles. The van der Waals surface area contributed by atoms with Gasteiger partial charge >= 0.3 is 0 Å². The van der Waals surface area contributed by atoms with Crippen LogP contribution in [-0.4, -0.2) is 17.5 Å². The van der Waals surface area contributed by atoms with Gasteiger partial charge in [-0.2, -0.15) is 0 Å². The molecule has 0 aromatic heterocycles. The van der Waals surface area contributed by atoms with E-state index < -0.39 is 5.91 Å². The monoisotopic (exact) mass is 421 g/mol. The number of fused-ring (bicyclic) bond motifs is 2. The maximum absolute atomic E-state index is 13.0. The second-order valence-electron chi connectivity index (χ2n) is 6.42. The van der Waals surface area contributed by atoms with E-state index in [2.05, 4.69) is 5.32 Å². The van der Waals surface area contributed by atoms with E-state index >= 15 is 0 Å². The molecule has 6 heteroatoms. The molecule has 0 saturated carbocycles. The first-order valence-electron chi connectivity index (χ1n) is 8.71. The number of hydrogen-bond donors (Lipinski definition) is 1. The standard InChI is InChI=1S/C23H13Cl2NO3/c24-14-10-8-13(18(25)12-14)9-11-20(27)26-19-7-3-6-17-21(19)23(29)16-5-2-1-4-15(16)22(17)28/h1-12H,(H,26,27). The summed E-state index contributed by atoms with van der Waals surface area (Å²) in [5.41, 5.74) is 2.08. The van der Waals surface area contributed by atoms with Crippen LogP contribution in [0.15, 0.2) is 66.7 Å². The van der Waals surface area contributed by atoms with E-state index in [4.69, 9.17) is 23.2 Å². The molecule has 0 fully saturated rings. The Morgan fingerprint density at radius 2 is 1.52 bits per heavy atom. The third-order valence-corrected chi connectivity index (χ3v) is 5.15. The molecule has 142 valence electrons. The molecule has 0 saturated heterocycles. The Morgan fingerprint density at radius 3 is 2.24 bits per heavy atom. The number of carbonyl (C=O) groups excluding carboxylic acids is 3. The smallest absolute Gasteiger partial charge is 0.248 e. The fraction of sp³-hybridized carbons (Fsp3) is 0. The van der Waals surface area contributed by atoms with Crippen molar-refractivity contribution in [2.75, 3.05) is 5.32 Å². The fourth-order valence-corrected chi connectivity index (χ4v) is 3.70. The first-order chi connectivity index (χ1) is 14.0. The van der Waals surface area contributed by atoms with Crippen LogP contribution in [-0.2, 0) is 4.79 Å². The van der Waals surface area contributed by atoms with E-state index in [0.717, 1.165) is 0 Å².